The van der Waals surface area contributed by atoms with Crippen molar-refractivity contribution >= 4 is 78.7 Å². The van der Waals surface area contributed by atoms with Gasteiger partial charge in [0.05, 0.1) is 29.0 Å². The van der Waals surface area contributed by atoms with Crippen LogP contribution in [0.5, 0.6) is 5.75 Å². The molecule has 0 spiro atoms. The van der Waals surface area contributed by atoms with E-state index in [0.717, 1.165) is 6.26 Å². The van der Waals surface area contributed by atoms with Gasteiger partial charge in [-0.15, -0.1) is 0 Å². The van der Waals surface area contributed by atoms with Crippen LogP contribution in [0.15, 0.2) is 77.5 Å². The van der Waals surface area contributed by atoms with E-state index in [0.29, 0.717) is 50.1 Å². The number of aromatic nitrogens is 1. The van der Waals surface area contributed by atoms with Gasteiger partial charge in [-0.25, -0.2) is 13.2 Å². The van der Waals surface area contributed by atoms with E-state index < -0.39 is 16.0 Å². The summed E-state index contributed by atoms with van der Waals surface area (Å²) >= 11 is 12.8. The van der Waals surface area contributed by atoms with Gasteiger partial charge in [0.1, 0.15) is 11.3 Å². The highest BCUT2D eigenvalue weighted by Crippen LogP contribution is 2.42. The first-order valence-electron chi connectivity index (χ1n) is 11.4. The molecule has 2 aromatic heterocycles. The molecule has 1 N–H and O–H groups in total. The second kappa shape index (κ2) is 10.6. The molecule has 8 nitrogen and oxygen atoms in total. The summed E-state index contributed by atoms with van der Waals surface area (Å²) in [5, 5.41) is 1.57. The number of ether oxygens (including phenoxy) is 2. The Labute approximate surface area is 233 Å². The molecule has 11 heteroatoms. The van der Waals surface area contributed by atoms with E-state index in [1.54, 1.807) is 66.7 Å². The molecule has 3 aromatic carbocycles. The number of hydrogen-bond acceptors (Lipinski definition) is 7. The molecule has 2 heterocycles. The van der Waals surface area contributed by atoms with Gasteiger partial charge in [0.25, 0.3) is 0 Å². The second-order valence-electron chi connectivity index (χ2n) is 8.49. The number of nitrogens with zero attached hydrogens (tertiary/aromatic N) is 1. The van der Waals surface area contributed by atoms with Crippen molar-refractivity contribution in [2.45, 2.75) is 0 Å². The molecule has 39 heavy (non-hydrogen) atoms. The summed E-state index contributed by atoms with van der Waals surface area (Å²) in [7, 11) is -2.04. The van der Waals surface area contributed by atoms with Gasteiger partial charge < -0.3 is 13.9 Å². The first-order valence-corrected chi connectivity index (χ1v) is 14.1. The van der Waals surface area contributed by atoms with Crippen LogP contribution in [-0.2, 0) is 14.8 Å². The molecular formula is C28H20Cl2N2O6S. The number of anilines is 1. The number of esters is 1. The zero-order valence-corrected chi connectivity index (χ0v) is 22.9. The third-order valence-corrected chi connectivity index (χ3v) is 6.96. The van der Waals surface area contributed by atoms with Crippen LogP contribution in [0.2, 0.25) is 10.0 Å². The number of benzene rings is 3. The summed E-state index contributed by atoms with van der Waals surface area (Å²) < 4.78 is 43.8. The van der Waals surface area contributed by atoms with Crippen LogP contribution < -0.4 is 9.46 Å². The highest BCUT2D eigenvalue weighted by atomic mass is 35.5. The molecule has 0 saturated heterocycles. The molecular weight excluding hydrogens is 563 g/mol. The average molecular weight is 583 g/mol. The Balaban J connectivity index is 1.79. The van der Waals surface area contributed by atoms with Crippen molar-refractivity contribution in [3.05, 3.63) is 99.8 Å². The zero-order valence-electron chi connectivity index (χ0n) is 20.6. The fourth-order valence-corrected chi connectivity index (χ4v) is 5.11. The van der Waals surface area contributed by atoms with Gasteiger partial charge in [0.15, 0.2) is 11.3 Å². The summed E-state index contributed by atoms with van der Waals surface area (Å²) in [6.45, 7) is 0. The van der Waals surface area contributed by atoms with Crippen LogP contribution in [-0.4, -0.2) is 32.7 Å². The van der Waals surface area contributed by atoms with Gasteiger partial charge in [-0.1, -0.05) is 41.4 Å². The van der Waals surface area contributed by atoms with Gasteiger partial charge in [0, 0.05) is 40.0 Å². The zero-order chi connectivity index (χ0) is 27.7. The number of rotatable bonds is 7. The first kappa shape index (κ1) is 26.6. The molecule has 0 atom stereocenters. The molecule has 0 unspecified atom stereocenters. The summed E-state index contributed by atoms with van der Waals surface area (Å²) in [4.78, 5) is 17.2. The van der Waals surface area contributed by atoms with Crippen molar-refractivity contribution < 1.29 is 27.1 Å². The van der Waals surface area contributed by atoms with Crippen molar-refractivity contribution in [1.82, 2.24) is 4.98 Å². The van der Waals surface area contributed by atoms with E-state index >= 15 is 0 Å². The van der Waals surface area contributed by atoms with Gasteiger partial charge in [-0.2, -0.15) is 0 Å². The number of nitrogens with one attached hydrogen (secondary N) is 1. The largest absolute Gasteiger partial charge is 0.493 e. The minimum Gasteiger partial charge on any atom is -0.493 e. The Hall–Kier alpha value is -4.05. The molecule has 0 fully saturated rings. The van der Waals surface area contributed by atoms with E-state index in [2.05, 4.69) is 9.71 Å². The Morgan fingerprint density at radius 2 is 1.74 bits per heavy atom. The SMILES string of the molecule is COc1ccc(/C(=C\c2c(Cl)cncc2Cl)OC(=O)c2ccccc2)c2c1oc1ccc(NS(C)(=O)=O)cc12. The quantitative estimate of drug-likeness (QED) is 0.162. The smallest absolute Gasteiger partial charge is 0.343 e. The number of furan rings is 1. The fourth-order valence-electron chi connectivity index (χ4n) is 4.09. The Kier molecular flexibility index (Phi) is 7.22. The molecule has 0 aliphatic rings. The van der Waals surface area contributed by atoms with Gasteiger partial charge in [-0.3, -0.25) is 9.71 Å². The minimum absolute atomic E-state index is 0.121. The highest BCUT2D eigenvalue weighted by molar-refractivity contribution is 7.92. The Morgan fingerprint density at radius 1 is 1.03 bits per heavy atom. The van der Waals surface area contributed by atoms with Crippen molar-refractivity contribution in [3.8, 4) is 5.75 Å². The predicted octanol–water partition coefficient (Wildman–Crippen LogP) is 7.02. The predicted molar refractivity (Wildman–Crippen MR) is 153 cm³/mol. The van der Waals surface area contributed by atoms with E-state index in [1.165, 1.54) is 19.5 Å². The number of carbonyl (C=O) groups is 1. The van der Waals surface area contributed by atoms with E-state index in [4.69, 9.17) is 37.1 Å². The fraction of sp³-hybridized carbons (Fsp3) is 0.0714. The molecule has 5 rings (SSSR count). The lowest BCUT2D eigenvalue weighted by Crippen LogP contribution is -2.09. The maximum absolute atomic E-state index is 13.2. The van der Waals surface area contributed by atoms with Crippen LogP contribution in [0.25, 0.3) is 33.8 Å². The van der Waals surface area contributed by atoms with Gasteiger partial charge in [-0.05, 0) is 48.5 Å². The van der Waals surface area contributed by atoms with E-state index in [1.807, 2.05) is 0 Å². The monoisotopic (exact) mass is 582 g/mol. The number of methoxy groups -OCH3 is 1. The molecule has 0 bridgehead atoms. The van der Waals surface area contributed by atoms with Crippen molar-refractivity contribution in [1.29, 1.82) is 0 Å². The topological polar surface area (TPSA) is 108 Å². The van der Waals surface area contributed by atoms with Gasteiger partial charge in [0.2, 0.25) is 10.0 Å². The molecule has 5 aromatic rings. The summed E-state index contributed by atoms with van der Waals surface area (Å²) in [6.07, 6.45) is 5.46. The lowest BCUT2D eigenvalue weighted by Gasteiger charge is -2.13. The van der Waals surface area contributed by atoms with Crippen molar-refractivity contribution in [2.75, 3.05) is 18.1 Å². The minimum atomic E-state index is -3.54. The van der Waals surface area contributed by atoms with Gasteiger partial charge >= 0.3 is 5.97 Å². The first-order chi connectivity index (χ1) is 18.6. The van der Waals surface area contributed by atoms with Crippen LogP contribution in [0, 0.1) is 0 Å². The standard InChI is InChI=1S/C28H20Cl2N2O6S/c1-36-24-11-9-18(26-20-12-17(32-39(2,34)35)8-10-23(20)37-27(24)26)25(13-19-21(29)14-31-15-22(19)30)38-28(33)16-6-4-3-5-7-16/h3-15,32H,1-2H3/b25-13+. The average Bonchev–Trinajstić information content (AvgIpc) is 3.28. The third-order valence-electron chi connectivity index (χ3n) is 5.75. The van der Waals surface area contributed by atoms with Crippen molar-refractivity contribution in [3.63, 3.8) is 0 Å². The molecule has 0 saturated carbocycles. The molecule has 0 radical (unpaired) electrons. The number of hydrogen-bond donors (Lipinski definition) is 1. The summed E-state index contributed by atoms with van der Waals surface area (Å²) in [5.41, 5.74) is 2.33. The normalized spacial score (nSPS) is 12.1. The molecule has 0 aliphatic carbocycles. The van der Waals surface area contributed by atoms with E-state index in [-0.39, 0.29) is 15.8 Å². The lowest BCUT2D eigenvalue weighted by atomic mass is 10.0. The van der Waals surface area contributed by atoms with E-state index in [9.17, 15) is 13.2 Å². The van der Waals surface area contributed by atoms with Crippen LogP contribution in [0.4, 0.5) is 5.69 Å². The summed E-state index contributed by atoms with van der Waals surface area (Å²) in [5.74, 6) is -0.0636. The second-order valence-corrected chi connectivity index (χ2v) is 11.1. The number of halogens is 2. The van der Waals surface area contributed by atoms with Crippen LogP contribution in [0.1, 0.15) is 21.5 Å². The summed E-state index contributed by atoms with van der Waals surface area (Å²) in [6, 6.07) is 16.7. The highest BCUT2D eigenvalue weighted by Gasteiger charge is 2.22. The third kappa shape index (κ3) is 5.56. The molecule has 198 valence electrons. The lowest BCUT2D eigenvalue weighted by molar-refractivity contribution is 0.0694. The Bertz CT molecular complexity index is 1850. The van der Waals surface area contributed by atoms with Crippen molar-refractivity contribution in [2.24, 2.45) is 0 Å². The molecule has 0 aliphatic heterocycles. The maximum Gasteiger partial charge on any atom is 0.343 e. The number of sulfonamides is 1. The maximum atomic E-state index is 13.2. The number of pyridine rings is 1. The number of fused-ring (bicyclic) bond motifs is 3. The Morgan fingerprint density at radius 3 is 2.41 bits per heavy atom. The molecule has 0 amide bonds. The van der Waals surface area contributed by atoms with Crippen LogP contribution >= 0.6 is 23.2 Å². The number of carbonyl (C=O) groups excluding carboxylic acids is 1. The van der Waals surface area contributed by atoms with Crippen LogP contribution in [0.3, 0.4) is 0 Å².